The van der Waals surface area contributed by atoms with Crippen molar-refractivity contribution in [2.24, 2.45) is 27.6 Å². The highest BCUT2D eigenvalue weighted by atomic mass is 16.6. The van der Waals surface area contributed by atoms with Crippen LogP contribution in [0.25, 0.3) is 0 Å². The van der Waals surface area contributed by atoms with Crippen LogP contribution in [-0.2, 0) is 25.4 Å². The summed E-state index contributed by atoms with van der Waals surface area (Å²) in [6.45, 7) is 38.6. The van der Waals surface area contributed by atoms with Crippen molar-refractivity contribution < 1.29 is 27.8 Å². The number of ether oxygens (including phenoxy) is 3. The summed E-state index contributed by atoms with van der Waals surface area (Å²) in [7, 11) is 0. The van der Waals surface area contributed by atoms with Crippen molar-refractivity contribution >= 4 is 5.97 Å². The van der Waals surface area contributed by atoms with E-state index < -0.39 is 5.82 Å². The molecular formula is C36H69NO7. The molecule has 260 valence electrons. The Morgan fingerprint density at radius 1 is 0.841 bits per heavy atom. The van der Waals surface area contributed by atoms with Gasteiger partial charge < -0.3 is 23.0 Å². The molecule has 44 heavy (non-hydrogen) atoms. The highest BCUT2D eigenvalue weighted by Gasteiger charge is 2.26. The van der Waals surface area contributed by atoms with Gasteiger partial charge in [0.05, 0.1) is 13.2 Å². The summed E-state index contributed by atoms with van der Waals surface area (Å²) in [4.78, 5) is 23.6. The van der Waals surface area contributed by atoms with Gasteiger partial charge in [-0.25, -0.2) is 4.79 Å². The van der Waals surface area contributed by atoms with Crippen LogP contribution in [0.1, 0.15) is 128 Å². The SMILES string of the molecule is CC(=O)OC(C)C(C)(C)C.CC(C)(C)C1CCOCC1.CC(C)(C)CCN1CCOCC1.Cc1oc(=O)oc1CC(C)(C)C. The van der Waals surface area contributed by atoms with Crippen LogP contribution in [0.2, 0.25) is 0 Å². The minimum Gasteiger partial charge on any atom is -0.462 e. The fraction of sp³-hybridized carbons (Fsp3) is 0.889. The maximum atomic E-state index is 10.7. The second kappa shape index (κ2) is 19.1. The zero-order valence-electron chi connectivity index (χ0n) is 31.2. The Morgan fingerprint density at radius 3 is 1.66 bits per heavy atom. The van der Waals surface area contributed by atoms with Gasteiger partial charge in [0.25, 0.3) is 0 Å². The summed E-state index contributed by atoms with van der Waals surface area (Å²) in [5.41, 5.74) is 1.12. The molecule has 0 bridgehead atoms. The van der Waals surface area contributed by atoms with Crippen LogP contribution in [0, 0.1) is 34.5 Å². The van der Waals surface area contributed by atoms with E-state index >= 15 is 0 Å². The van der Waals surface area contributed by atoms with E-state index in [0.717, 1.165) is 51.9 Å². The first-order chi connectivity index (χ1) is 19.9. The van der Waals surface area contributed by atoms with Crippen molar-refractivity contribution in [1.82, 2.24) is 4.90 Å². The van der Waals surface area contributed by atoms with Gasteiger partial charge in [0, 0.05) is 39.6 Å². The molecule has 3 rings (SSSR count). The van der Waals surface area contributed by atoms with Gasteiger partial charge in [0.1, 0.15) is 17.6 Å². The molecule has 2 fully saturated rings. The van der Waals surface area contributed by atoms with Gasteiger partial charge in [-0.15, -0.1) is 0 Å². The van der Waals surface area contributed by atoms with Gasteiger partial charge in [-0.3, -0.25) is 9.69 Å². The molecule has 0 N–H and O–H groups in total. The zero-order valence-corrected chi connectivity index (χ0v) is 31.2. The molecule has 0 saturated carbocycles. The number of morpholine rings is 1. The molecule has 2 aliphatic heterocycles. The predicted molar refractivity (Wildman–Crippen MR) is 180 cm³/mol. The maximum absolute atomic E-state index is 10.7. The topological polar surface area (TPSA) is 91.4 Å². The number of esters is 1. The summed E-state index contributed by atoms with van der Waals surface area (Å²) in [5, 5.41) is 0. The Labute approximate surface area is 270 Å². The van der Waals surface area contributed by atoms with Gasteiger partial charge in [0.15, 0.2) is 0 Å². The van der Waals surface area contributed by atoms with Crippen molar-refractivity contribution in [3.8, 4) is 0 Å². The Hall–Kier alpha value is -1.64. The molecule has 1 aromatic rings. The van der Waals surface area contributed by atoms with Crippen LogP contribution in [0.5, 0.6) is 0 Å². The maximum Gasteiger partial charge on any atom is 0.519 e. The van der Waals surface area contributed by atoms with Crippen LogP contribution >= 0.6 is 0 Å². The molecule has 1 atom stereocenters. The van der Waals surface area contributed by atoms with Crippen LogP contribution < -0.4 is 5.82 Å². The lowest BCUT2D eigenvalue weighted by Gasteiger charge is -2.33. The molecule has 1 unspecified atom stereocenters. The minimum absolute atomic E-state index is 0.00926. The van der Waals surface area contributed by atoms with Crippen molar-refractivity contribution in [3.63, 3.8) is 0 Å². The second-order valence-electron chi connectivity index (χ2n) is 16.8. The summed E-state index contributed by atoms with van der Waals surface area (Å²) < 4.78 is 25.2. The Kier molecular flexibility index (Phi) is 18.4. The lowest BCUT2D eigenvalue weighted by atomic mass is 9.76. The van der Waals surface area contributed by atoms with Crippen molar-refractivity contribution in [1.29, 1.82) is 0 Å². The zero-order chi connectivity index (χ0) is 34.4. The van der Waals surface area contributed by atoms with E-state index in [-0.39, 0.29) is 22.9 Å². The number of nitrogens with zero attached hydrogens (tertiary/aromatic N) is 1. The standard InChI is InChI=1S/C10H21NO.C9H14O3.C9H18O.C8H16O2/c1-10(2,3)4-5-11-6-8-12-9-7-11;1-6-7(5-9(2,3)4)12-8(10)11-6;1-9(2,3)8-4-6-10-7-5-8;1-6(8(3,4)5)10-7(2)9/h4-9H2,1-3H3;5H2,1-4H3;8H,4-7H2,1-3H3;6H,1-5H3. The number of aryl methyl sites for hydroxylation is 1. The smallest absolute Gasteiger partial charge is 0.462 e. The van der Waals surface area contributed by atoms with E-state index in [1.54, 1.807) is 6.92 Å². The van der Waals surface area contributed by atoms with Crippen LogP contribution in [0.3, 0.4) is 0 Å². The van der Waals surface area contributed by atoms with E-state index in [4.69, 9.17) is 23.0 Å². The highest BCUT2D eigenvalue weighted by Crippen LogP contribution is 2.33. The predicted octanol–water partition coefficient (Wildman–Crippen LogP) is 8.33. The molecule has 0 aromatic carbocycles. The third kappa shape index (κ3) is 22.0. The van der Waals surface area contributed by atoms with Crippen LogP contribution in [-0.4, -0.2) is 63.0 Å². The van der Waals surface area contributed by atoms with E-state index in [1.807, 2.05) is 27.7 Å². The number of carbonyl (C=O) groups excluding carboxylic acids is 1. The van der Waals surface area contributed by atoms with E-state index in [9.17, 15) is 9.59 Å². The average molecular weight is 628 g/mol. The molecule has 0 amide bonds. The minimum atomic E-state index is -0.605. The average Bonchev–Trinajstić information content (AvgIpc) is 3.18. The monoisotopic (exact) mass is 628 g/mol. The molecule has 0 aliphatic carbocycles. The lowest BCUT2D eigenvalue weighted by Crippen LogP contribution is -2.37. The molecule has 3 heterocycles. The molecule has 1 aromatic heterocycles. The number of carbonyl (C=O) groups is 1. The van der Waals surface area contributed by atoms with E-state index in [1.165, 1.54) is 32.7 Å². The van der Waals surface area contributed by atoms with Gasteiger partial charge in [-0.2, -0.15) is 0 Å². The Bertz CT molecular complexity index is 955. The van der Waals surface area contributed by atoms with Gasteiger partial charge in [-0.05, 0) is 67.2 Å². The molecule has 2 saturated heterocycles. The molecule has 8 nitrogen and oxygen atoms in total. The Morgan fingerprint density at radius 2 is 1.34 bits per heavy atom. The summed E-state index contributed by atoms with van der Waals surface area (Å²) >= 11 is 0. The third-order valence-electron chi connectivity index (χ3n) is 7.82. The summed E-state index contributed by atoms with van der Waals surface area (Å²) in [6, 6.07) is 0. The first-order valence-corrected chi connectivity index (χ1v) is 16.5. The van der Waals surface area contributed by atoms with E-state index in [2.05, 4.69) is 67.2 Å². The molecular weight excluding hydrogens is 558 g/mol. The summed E-state index contributed by atoms with van der Waals surface area (Å²) in [5.74, 6) is 1.32. The molecule has 8 heteroatoms. The molecule has 0 radical (unpaired) electrons. The third-order valence-corrected chi connectivity index (χ3v) is 7.82. The van der Waals surface area contributed by atoms with E-state index in [0.29, 0.717) is 22.4 Å². The van der Waals surface area contributed by atoms with Gasteiger partial charge in [0.2, 0.25) is 0 Å². The lowest BCUT2D eigenvalue weighted by molar-refractivity contribution is -0.150. The normalized spacial score (nSPS) is 17.6. The molecule has 2 aliphatic rings. The number of hydrogen-bond donors (Lipinski definition) is 0. The molecule has 0 spiro atoms. The van der Waals surface area contributed by atoms with Crippen molar-refractivity contribution in [3.05, 3.63) is 22.1 Å². The van der Waals surface area contributed by atoms with Crippen LogP contribution in [0.15, 0.2) is 13.6 Å². The quantitative estimate of drug-likeness (QED) is 0.308. The van der Waals surface area contributed by atoms with Gasteiger partial charge in [-0.1, -0.05) is 83.1 Å². The Balaban J connectivity index is 0.000000563. The number of rotatable bonds is 4. The number of hydrogen-bond acceptors (Lipinski definition) is 8. The summed E-state index contributed by atoms with van der Waals surface area (Å²) in [6.07, 6.45) is 4.51. The van der Waals surface area contributed by atoms with Crippen molar-refractivity contribution in [2.45, 2.75) is 136 Å². The largest absolute Gasteiger partial charge is 0.519 e. The van der Waals surface area contributed by atoms with Crippen molar-refractivity contribution in [2.75, 3.05) is 46.1 Å². The fourth-order valence-corrected chi connectivity index (χ4v) is 4.33. The first-order valence-electron chi connectivity index (χ1n) is 16.5. The second-order valence-corrected chi connectivity index (χ2v) is 16.8. The van der Waals surface area contributed by atoms with Crippen LogP contribution in [0.4, 0.5) is 0 Å². The fourth-order valence-electron chi connectivity index (χ4n) is 4.33. The van der Waals surface area contributed by atoms with Gasteiger partial charge >= 0.3 is 11.8 Å². The highest BCUT2D eigenvalue weighted by molar-refractivity contribution is 5.66. The first kappa shape index (κ1) is 42.4.